The zero-order valence-corrected chi connectivity index (χ0v) is 12.4. The van der Waals surface area contributed by atoms with E-state index in [4.69, 9.17) is 0 Å². The van der Waals surface area contributed by atoms with Crippen molar-refractivity contribution in [3.05, 3.63) is 28.2 Å². The summed E-state index contributed by atoms with van der Waals surface area (Å²) in [5, 5.41) is 9.23. The summed E-state index contributed by atoms with van der Waals surface area (Å²) in [7, 11) is -2.07. The number of sulfonamides is 1. The SMILES string of the molecule is Cc1cc(Br)ccc1S(=O)(=O)N(C)CC(C)O. The van der Waals surface area contributed by atoms with Crippen LogP contribution in [0.3, 0.4) is 0 Å². The molecule has 1 rings (SSSR count). The van der Waals surface area contributed by atoms with Crippen LogP contribution in [0.15, 0.2) is 27.6 Å². The highest BCUT2D eigenvalue weighted by molar-refractivity contribution is 9.10. The number of nitrogens with zero attached hydrogens (tertiary/aromatic N) is 1. The van der Waals surface area contributed by atoms with Gasteiger partial charge in [-0.15, -0.1) is 0 Å². The molecule has 0 aromatic heterocycles. The molecule has 1 unspecified atom stereocenters. The quantitative estimate of drug-likeness (QED) is 0.919. The van der Waals surface area contributed by atoms with Crippen LogP contribution < -0.4 is 0 Å². The lowest BCUT2D eigenvalue weighted by atomic mass is 10.2. The van der Waals surface area contributed by atoms with Crippen LogP contribution in [-0.4, -0.2) is 37.5 Å². The van der Waals surface area contributed by atoms with Crippen molar-refractivity contribution in [3.63, 3.8) is 0 Å². The van der Waals surface area contributed by atoms with Crippen LogP contribution in [0.2, 0.25) is 0 Å². The molecule has 0 saturated heterocycles. The monoisotopic (exact) mass is 321 g/mol. The van der Waals surface area contributed by atoms with Crippen molar-refractivity contribution < 1.29 is 13.5 Å². The van der Waals surface area contributed by atoms with E-state index in [1.165, 1.54) is 7.05 Å². The minimum absolute atomic E-state index is 0.0812. The van der Waals surface area contributed by atoms with Crippen molar-refractivity contribution >= 4 is 26.0 Å². The lowest BCUT2D eigenvalue weighted by molar-refractivity contribution is 0.171. The zero-order chi connectivity index (χ0) is 13.2. The van der Waals surface area contributed by atoms with Gasteiger partial charge in [0.05, 0.1) is 11.0 Å². The van der Waals surface area contributed by atoms with Gasteiger partial charge in [0.15, 0.2) is 0 Å². The second kappa shape index (κ2) is 5.48. The van der Waals surface area contributed by atoms with Crippen LogP contribution in [0.1, 0.15) is 12.5 Å². The van der Waals surface area contributed by atoms with Gasteiger partial charge in [0.25, 0.3) is 0 Å². The summed E-state index contributed by atoms with van der Waals surface area (Å²) in [5.74, 6) is 0. The minimum Gasteiger partial charge on any atom is -0.392 e. The first-order valence-corrected chi connectivity index (χ1v) is 7.39. The van der Waals surface area contributed by atoms with E-state index in [-0.39, 0.29) is 11.4 Å². The number of aliphatic hydroxyl groups is 1. The first-order valence-electron chi connectivity index (χ1n) is 5.15. The van der Waals surface area contributed by atoms with Crippen LogP contribution in [-0.2, 0) is 10.0 Å². The largest absolute Gasteiger partial charge is 0.392 e. The van der Waals surface area contributed by atoms with Crippen LogP contribution >= 0.6 is 15.9 Å². The molecule has 1 aromatic rings. The number of aryl methyl sites for hydroxylation is 1. The molecule has 0 aliphatic rings. The maximum absolute atomic E-state index is 12.2. The minimum atomic E-state index is -3.53. The number of aliphatic hydroxyl groups excluding tert-OH is 1. The Morgan fingerprint density at radius 3 is 2.53 bits per heavy atom. The highest BCUT2D eigenvalue weighted by atomic mass is 79.9. The third-order valence-electron chi connectivity index (χ3n) is 2.35. The van der Waals surface area contributed by atoms with E-state index in [0.29, 0.717) is 5.56 Å². The fourth-order valence-corrected chi connectivity index (χ4v) is 3.47. The van der Waals surface area contributed by atoms with Gasteiger partial charge in [0.2, 0.25) is 10.0 Å². The van der Waals surface area contributed by atoms with E-state index in [9.17, 15) is 13.5 Å². The van der Waals surface area contributed by atoms with Crippen molar-refractivity contribution in [3.8, 4) is 0 Å². The number of benzene rings is 1. The first-order chi connectivity index (χ1) is 7.75. The molecule has 6 heteroatoms. The molecule has 0 aliphatic heterocycles. The van der Waals surface area contributed by atoms with Crippen molar-refractivity contribution in [2.75, 3.05) is 13.6 Å². The lowest BCUT2D eigenvalue weighted by Crippen LogP contribution is -2.33. The normalized spacial score (nSPS) is 14.0. The van der Waals surface area contributed by atoms with Gasteiger partial charge < -0.3 is 5.11 Å². The van der Waals surface area contributed by atoms with Gasteiger partial charge in [0.1, 0.15) is 0 Å². The molecule has 1 atom stereocenters. The number of likely N-dealkylation sites (N-methyl/N-ethyl adjacent to an activating group) is 1. The van der Waals surface area contributed by atoms with Gasteiger partial charge in [-0.1, -0.05) is 15.9 Å². The third-order valence-corrected chi connectivity index (χ3v) is 4.82. The molecule has 0 radical (unpaired) electrons. The highest BCUT2D eigenvalue weighted by Crippen LogP contribution is 2.22. The van der Waals surface area contributed by atoms with Crippen molar-refractivity contribution in [2.24, 2.45) is 0 Å². The van der Waals surface area contributed by atoms with Gasteiger partial charge in [-0.05, 0) is 37.6 Å². The van der Waals surface area contributed by atoms with Gasteiger partial charge in [-0.2, -0.15) is 4.31 Å². The van der Waals surface area contributed by atoms with Crippen LogP contribution in [0, 0.1) is 6.92 Å². The molecule has 96 valence electrons. The lowest BCUT2D eigenvalue weighted by Gasteiger charge is -2.19. The Morgan fingerprint density at radius 1 is 1.47 bits per heavy atom. The Hall–Kier alpha value is -0.430. The molecule has 1 aromatic carbocycles. The second-order valence-electron chi connectivity index (χ2n) is 4.04. The van der Waals surface area contributed by atoms with Crippen LogP contribution in [0.25, 0.3) is 0 Å². The smallest absolute Gasteiger partial charge is 0.243 e. The average Bonchev–Trinajstić information content (AvgIpc) is 2.15. The van der Waals surface area contributed by atoms with Crippen molar-refractivity contribution in [2.45, 2.75) is 24.8 Å². The Bertz CT molecular complexity index is 499. The highest BCUT2D eigenvalue weighted by Gasteiger charge is 2.23. The maximum atomic E-state index is 12.2. The van der Waals surface area contributed by atoms with E-state index in [1.54, 1.807) is 32.0 Å². The Morgan fingerprint density at radius 2 is 2.06 bits per heavy atom. The van der Waals surface area contributed by atoms with E-state index in [1.807, 2.05) is 0 Å². The molecule has 1 N–H and O–H groups in total. The number of rotatable bonds is 4. The summed E-state index contributed by atoms with van der Waals surface area (Å²) in [6.45, 7) is 3.38. The molecule has 17 heavy (non-hydrogen) atoms. The van der Waals surface area contributed by atoms with E-state index >= 15 is 0 Å². The molecule has 0 saturated carbocycles. The summed E-state index contributed by atoms with van der Waals surface area (Å²) in [4.78, 5) is 0.267. The molecule has 4 nitrogen and oxygen atoms in total. The maximum Gasteiger partial charge on any atom is 0.243 e. The molecule has 0 amide bonds. The average molecular weight is 322 g/mol. The van der Waals surface area contributed by atoms with Gasteiger partial charge in [-0.25, -0.2) is 8.42 Å². The van der Waals surface area contributed by atoms with Crippen molar-refractivity contribution in [1.82, 2.24) is 4.31 Å². The Balaban J connectivity index is 3.13. The van der Waals surface area contributed by atoms with E-state index < -0.39 is 16.1 Å². The molecule has 0 bridgehead atoms. The molecule has 0 aliphatic carbocycles. The third kappa shape index (κ3) is 3.51. The zero-order valence-electron chi connectivity index (χ0n) is 10.0. The Labute approximate surface area is 110 Å². The topological polar surface area (TPSA) is 57.6 Å². The van der Waals surface area contributed by atoms with Crippen LogP contribution in [0.5, 0.6) is 0 Å². The molecule has 0 spiro atoms. The van der Waals surface area contributed by atoms with Crippen LogP contribution in [0.4, 0.5) is 0 Å². The fraction of sp³-hybridized carbons (Fsp3) is 0.455. The molecule has 0 heterocycles. The number of halogens is 1. The summed E-state index contributed by atoms with van der Waals surface area (Å²) in [6.07, 6.45) is -0.689. The standard InChI is InChI=1S/C11H16BrNO3S/c1-8-6-10(12)4-5-11(8)17(15,16)13(3)7-9(2)14/h4-6,9,14H,7H2,1-3H3. The molecular weight excluding hydrogens is 306 g/mol. The van der Waals surface area contributed by atoms with Crippen molar-refractivity contribution in [1.29, 1.82) is 0 Å². The van der Waals surface area contributed by atoms with E-state index in [0.717, 1.165) is 8.78 Å². The summed E-state index contributed by atoms with van der Waals surface area (Å²) >= 11 is 3.29. The molecule has 0 fully saturated rings. The predicted octanol–water partition coefficient (Wildman–Crippen LogP) is 1.76. The summed E-state index contributed by atoms with van der Waals surface area (Å²) < 4.78 is 26.4. The second-order valence-corrected chi connectivity index (χ2v) is 6.97. The summed E-state index contributed by atoms with van der Waals surface area (Å²) in [6, 6.07) is 5.01. The van der Waals surface area contributed by atoms with E-state index in [2.05, 4.69) is 15.9 Å². The fourth-order valence-electron chi connectivity index (χ4n) is 1.54. The van der Waals surface area contributed by atoms with Gasteiger partial charge in [-0.3, -0.25) is 0 Å². The number of hydrogen-bond donors (Lipinski definition) is 1. The van der Waals surface area contributed by atoms with Gasteiger partial charge >= 0.3 is 0 Å². The predicted molar refractivity (Wildman–Crippen MR) is 70.4 cm³/mol. The Kier molecular flexibility index (Phi) is 4.71. The number of hydrogen-bond acceptors (Lipinski definition) is 3. The summed E-state index contributed by atoms with van der Waals surface area (Å²) in [5.41, 5.74) is 0.678. The molecular formula is C11H16BrNO3S. The first kappa shape index (κ1) is 14.6. The van der Waals surface area contributed by atoms with Gasteiger partial charge in [0, 0.05) is 18.1 Å².